The van der Waals surface area contributed by atoms with Crippen molar-refractivity contribution in [3.05, 3.63) is 0 Å². The van der Waals surface area contributed by atoms with Crippen LogP contribution in [-0.4, -0.2) is 166 Å². The highest BCUT2D eigenvalue weighted by Crippen LogP contribution is 2.37. The van der Waals surface area contributed by atoms with E-state index in [-0.39, 0.29) is 13.0 Å². The van der Waals surface area contributed by atoms with Crippen molar-refractivity contribution in [3.8, 4) is 0 Å². The smallest absolute Gasteiger partial charge is 0.295 e. The molecule has 0 aromatic carbocycles. The number of aliphatic hydroxyl groups is 6. The minimum absolute atomic E-state index is 0.0422. The van der Waals surface area contributed by atoms with Crippen molar-refractivity contribution < 1.29 is 67.8 Å². The third-order valence-electron chi connectivity index (χ3n) is 8.42. The molecule has 3 saturated heterocycles. The van der Waals surface area contributed by atoms with Crippen molar-refractivity contribution in [2.75, 3.05) is 19.7 Å². The molecule has 3 aliphatic heterocycles. The summed E-state index contributed by atoms with van der Waals surface area (Å²) in [5.74, 6) is -3.87. The van der Waals surface area contributed by atoms with Gasteiger partial charge in [0.25, 0.3) is 5.92 Å². The molecular formula is C23H44F2N6O12. The lowest BCUT2D eigenvalue weighted by molar-refractivity contribution is -0.331. The summed E-state index contributed by atoms with van der Waals surface area (Å²) < 4.78 is 63.3. The highest BCUT2D eigenvalue weighted by molar-refractivity contribution is 5.03. The second-order valence-corrected chi connectivity index (χ2v) is 11.3. The molecule has 0 bridgehead atoms. The number of hydrogen-bond donors (Lipinski definition) is 12. The number of hydrogen-bond acceptors (Lipinski definition) is 18. The molecule has 4 aliphatic rings. The van der Waals surface area contributed by atoms with Crippen LogP contribution < -0.4 is 34.4 Å². The SMILES string of the molecule is NCC1OC(OC2C(CO)OC(OC3C(O)C(N)CC(N)C3OC3OC(CN)C(O)C(F)(F)C3N)C2O)C(N)C(O)C1O. The Morgan fingerprint density at radius 3 is 1.81 bits per heavy atom. The third-order valence-corrected chi connectivity index (χ3v) is 8.42. The Balaban J connectivity index is 1.51. The normalized spacial score (nSPS) is 52.3. The maximum Gasteiger partial charge on any atom is 0.295 e. The number of halogens is 2. The monoisotopic (exact) mass is 634 g/mol. The Bertz CT molecular complexity index is 921. The molecule has 43 heavy (non-hydrogen) atoms. The van der Waals surface area contributed by atoms with Crippen molar-refractivity contribution >= 4 is 0 Å². The van der Waals surface area contributed by atoms with Gasteiger partial charge in [0, 0.05) is 25.2 Å². The molecular weight excluding hydrogens is 590 g/mol. The zero-order valence-corrected chi connectivity index (χ0v) is 23.1. The molecule has 4 fully saturated rings. The van der Waals surface area contributed by atoms with E-state index in [1.54, 1.807) is 0 Å². The molecule has 18 unspecified atom stereocenters. The molecule has 18 N–H and O–H groups in total. The van der Waals surface area contributed by atoms with Crippen LogP contribution in [0.1, 0.15) is 6.42 Å². The number of rotatable bonds is 9. The fourth-order valence-corrected chi connectivity index (χ4v) is 5.73. The Kier molecular flexibility index (Phi) is 11.3. The maximum atomic E-state index is 14.7. The van der Waals surface area contributed by atoms with Gasteiger partial charge in [0.05, 0.1) is 18.8 Å². The molecule has 18 nitrogen and oxygen atoms in total. The van der Waals surface area contributed by atoms with E-state index in [9.17, 15) is 39.4 Å². The van der Waals surface area contributed by atoms with Gasteiger partial charge in [-0.25, -0.2) is 8.78 Å². The van der Waals surface area contributed by atoms with Crippen LogP contribution >= 0.6 is 0 Å². The first-order valence-electron chi connectivity index (χ1n) is 13.9. The van der Waals surface area contributed by atoms with Crippen LogP contribution in [0, 0.1) is 0 Å². The zero-order valence-electron chi connectivity index (χ0n) is 23.1. The zero-order chi connectivity index (χ0) is 32.0. The van der Waals surface area contributed by atoms with E-state index in [2.05, 4.69) is 0 Å². The number of aliphatic hydroxyl groups excluding tert-OH is 6. The predicted octanol–water partition coefficient (Wildman–Crippen LogP) is -7.62. The first-order chi connectivity index (χ1) is 20.2. The minimum atomic E-state index is -3.87. The van der Waals surface area contributed by atoms with E-state index in [0.29, 0.717) is 0 Å². The molecule has 1 aliphatic carbocycles. The Morgan fingerprint density at radius 1 is 0.651 bits per heavy atom. The Morgan fingerprint density at radius 2 is 1.21 bits per heavy atom. The molecule has 1 saturated carbocycles. The van der Waals surface area contributed by atoms with E-state index in [4.69, 9.17) is 62.8 Å². The van der Waals surface area contributed by atoms with E-state index >= 15 is 0 Å². The summed E-state index contributed by atoms with van der Waals surface area (Å²) in [6.45, 7) is -1.39. The number of nitrogens with two attached hydrogens (primary N) is 6. The standard InChI is InChI=1S/C23H44F2N6O12/c24-23(25)18(31)22(39-8(3-27)19(23)37)41-15-6(29)1-5(28)11(33)17(15)43-21-14(36)16(9(4-32)40-21)42-20-10(30)13(35)12(34)7(2-26)38-20/h5-22,32-37H,1-4,26-31H2. The van der Waals surface area contributed by atoms with Gasteiger partial charge in [-0.2, -0.15) is 0 Å². The minimum Gasteiger partial charge on any atom is -0.394 e. The van der Waals surface area contributed by atoms with Crippen LogP contribution in [0.15, 0.2) is 0 Å². The Labute approximate surface area is 245 Å². The summed E-state index contributed by atoms with van der Waals surface area (Å²) >= 11 is 0. The lowest BCUT2D eigenvalue weighted by Crippen LogP contribution is -2.70. The topological polar surface area (TPSA) is 333 Å². The number of alkyl halides is 2. The van der Waals surface area contributed by atoms with Crippen LogP contribution in [0.5, 0.6) is 0 Å². The second-order valence-electron chi connectivity index (χ2n) is 11.3. The fraction of sp³-hybridized carbons (Fsp3) is 1.00. The van der Waals surface area contributed by atoms with E-state index < -0.39 is 129 Å². The molecule has 0 aromatic rings. The van der Waals surface area contributed by atoms with Gasteiger partial charge in [0.15, 0.2) is 18.9 Å². The molecule has 0 amide bonds. The van der Waals surface area contributed by atoms with E-state index in [1.807, 2.05) is 0 Å². The summed E-state index contributed by atoms with van der Waals surface area (Å²) in [5, 5.41) is 62.2. The molecule has 18 atom stereocenters. The lowest BCUT2D eigenvalue weighted by atomic mass is 9.84. The first kappa shape index (κ1) is 35.0. The van der Waals surface area contributed by atoms with Gasteiger partial charge in [0.1, 0.15) is 67.1 Å². The summed E-state index contributed by atoms with van der Waals surface area (Å²) in [6.07, 6.45) is -21.5. The molecule has 252 valence electrons. The predicted molar refractivity (Wildman–Crippen MR) is 137 cm³/mol. The van der Waals surface area contributed by atoms with Crippen molar-refractivity contribution in [2.45, 2.75) is 123 Å². The molecule has 3 heterocycles. The number of ether oxygens (including phenoxy) is 6. The van der Waals surface area contributed by atoms with Crippen molar-refractivity contribution in [1.29, 1.82) is 0 Å². The van der Waals surface area contributed by atoms with Gasteiger partial charge in [-0.15, -0.1) is 0 Å². The van der Waals surface area contributed by atoms with Crippen LogP contribution in [0.2, 0.25) is 0 Å². The largest absolute Gasteiger partial charge is 0.394 e. The average Bonchev–Trinajstić information content (AvgIpc) is 3.27. The second kappa shape index (κ2) is 13.9. The lowest BCUT2D eigenvalue weighted by Gasteiger charge is -2.48. The van der Waals surface area contributed by atoms with Gasteiger partial charge in [0.2, 0.25) is 0 Å². The van der Waals surface area contributed by atoms with Crippen molar-refractivity contribution in [2.24, 2.45) is 34.4 Å². The molecule has 0 aromatic heterocycles. The van der Waals surface area contributed by atoms with Gasteiger partial charge in [-0.1, -0.05) is 0 Å². The van der Waals surface area contributed by atoms with Gasteiger partial charge < -0.3 is 93.5 Å². The van der Waals surface area contributed by atoms with Crippen molar-refractivity contribution in [1.82, 2.24) is 0 Å². The highest BCUT2D eigenvalue weighted by Gasteiger charge is 2.59. The molecule has 20 heteroatoms. The van der Waals surface area contributed by atoms with Crippen LogP contribution in [0.25, 0.3) is 0 Å². The van der Waals surface area contributed by atoms with E-state index in [1.165, 1.54) is 0 Å². The third kappa shape index (κ3) is 6.68. The highest BCUT2D eigenvalue weighted by atomic mass is 19.3. The summed E-state index contributed by atoms with van der Waals surface area (Å²) in [7, 11) is 0. The summed E-state index contributed by atoms with van der Waals surface area (Å²) in [4.78, 5) is 0. The van der Waals surface area contributed by atoms with Gasteiger partial charge >= 0.3 is 0 Å². The molecule has 0 radical (unpaired) electrons. The van der Waals surface area contributed by atoms with E-state index in [0.717, 1.165) is 0 Å². The van der Waals surface area contributed by atoms with Crippen molar-refractivity contribution in [3.63, 3.8) is 0 Å². The summed E-state index contributed by atoms with van der Waals surface area (Å²) in [6, 6.07) is -5.45. The van der Waals surface area contributed by atoms with Crippen LogP contribution in [0.3, 0.4) is 0 Å². The van der Waals surface area contributed by atoms with Gasteiger partial charge in [-0.05, 0) is 6.42 Å². The van der Waals surface area contributed by atoms with Crippen LogP contribution in [-0.2, 0) is 28.4 Å². The first-order valence-corrected chi connectivity index (χ1v) is 13.9. The molecule has 0 spiro atoms. The quantitative estimate of drug-likeness (QED) is 0.112. The average molecular weight is 635 g/mol. The molecule has 4 rings (SSSR count). The fourth-order valence-electron chi connectivity index (χ4n) is 5.73. The van der Waals surface area contributed by atoms with Gasteiger partial charge in [-0.3, -0.25) is 0 Å². The summed E-state index contributed by atoms with van der Waals surface area (Å²) in [5.41, 5.74) is 34.9. The Hall–Kier alpha value is -0.860. The maximum absolute atomic E-state index is 14.7. The van der Waals surface area contributed by atoms with Crippen LogP contribution in [0.4, 0.5) is 8.78 Å².